The summed E-state index contributed by atoms with van der Waals surface area (Å²) < 4.78 is 5.23. The predicted molar refractivity (Wildman–Crippen MR) is 105 cm³/mol. The maximum absolute atomic E-state index is 12.4. The minimum absolute atomic E-state index is 0.257. The number of amides is 1. The van der Waals surface area contributed by atoms with Gasteiger partial charge in [-0.2, -0.15) is 0 Å². The van der Waals surface area contributed by atoms with E-state index in [1.54, 1.807) is 31.4 Å². The molecule has 2 aromatic carbocycles. The standard InChI is InChI=1S/C20H18ClN3O2/c1-13-7-9-15(11-16(13)21)23-19-10-8-14(12-22-19)20(25)24-17-5-3-4-6-18(17)26-2/h3-12H,1-2H3,(H,22,23)(H,24,25). The third kappa shape index (κ3) is 4.13. The number of pyridine rings is 1. The fourth-order valence-corrected chi connectivity index (χ4v) is 2.54. The van der Waals surface area contributed by atoms with Gasteiger partial charge in [0.1, 0.15) is 11.6 Å². The van der Waals surface area contributed by atoms with Gasteiger partial charge >= 0.3 is 0 Å². The Morgan fingerprint density at radius 2 is 1.92 bits per heavy atom. The summed E-state index contributed by atoms with van der Waals surface area (Å²) in [6.07, 6.45) is 1.52. The Morgan fingerprint density at radius 3 is 2.62 bits per heavy atom. The number of halogens is 1. The van der Waals surface area contributed by atoms with Crippen LogP contribution in [0.3, 0.4) is 0 Å². The molecule has 0 atom stereocenters. The molecule has 1 aromatic heterocycles. The van der Waals surface area contributed by atoms with E-state index >= 15 is 0 Å². The van der Waals surface area contributed by atoms with E-state index in [1.807, 2.05) is 37.3 Å². The fourth-order valence-electron chi connectivity index (χ4n) is 2.36. The monoisotopic (exact) mass is 367 g/mol. The van der Waals surface area contributed by atoms with E-state index < -0.39 is 0 Å². The zero-order valence-electron chi connectivity index (χ0n) is 14.4. The van der Waals surface area contributed by atoms with Crippen LogP contribution in [0.5, 0.6) is 5.75 Å². The highest BCUT2D eigenvalue weighted by atomic mass is 35.5. The number of hydrogen-bond acceptors (Lipinski definition) is 4. The zero-order chi connectivity index (χ0) is 18.5. The Balaban J connectivity index is 1.70. The Morgan fingerprint density at radius 1 is 1.12 bits per heavy atom. The van der Waals surface area contributed by atoms with Gasteiger partial charge in [0.05, 0.1) is 18.4 Å². The number of aromatic nitrogens is 1. The minimum Gasteiger partial charge on any atom is -0.495 e. The van der Waals surface area contributed by atoms with Crippen molar-refractivity contribution in [1.29, 1.82) is 0 Å². The van der Waals surface area contributed by atoms with Gasteiger partial charge in [-0.05, 0) is 48.9 Å². The smallest absolute Gasteiger partial charge is 0.257 e. The quantitative estimate of drug-likeness (QED) is 0.662. The lowest BCUT2D eigenvalue weighted by Crippen LogP contribution is -2.13. The van der Waals surface area contributed by atoms with E-state index in [0.717, 1.165) is 11.3 Å². The number of ether oxygens (including phenoxy) is 1. The number of hydrogen-bond donors (Lipinski definition) is 2. The summed E-state index contributed by atoms with van der Waals surface area (Å²) in [7, 11) is 1.56. The van der Waals surface area contributed by atoms with Crippen LogP contribution in [0.4, 0.5) is 17.2 Å². The number of benzene rings is 2. The van der Waals surface area contributed by atoms with E-state index in [4.69, 9.17) is 16.3 Å². The molecule has 3 rings (SSSR count). The molecule has 2 N–H and O–H groups in total. The summed E-state index contributed by atoms with van der Waals surface area (Å²) in [5.74, 6) is 0.967. The van der Waals surface area contributed by atoms with Crippen LogP contribution in [-0.4, -0.2) is 18.0 Å². The average molecular weight is 368 g/mol. The number of aryl methyl sites for hydroxylation is 1. The van der Waals surface area contributed by atoms with Crippen molar-refractivity contribution in [2.75, 3.05) is 17.7 Å². The van der Waals surface area contributed by atoms with E-state index in [2.05, 4.69) is 15.6 Å². The van der Waals surface area contributed by atoms with Crippen LogP contribution in [0.15, 0.2) is 60.8 Å². The van der Waals surface area contributed by atoms with Gasteiger partial charge in [0.15, 0.2) is 0 Å². The second-order valence-electron chi connectivity index (χ2n) is 5.68. The van der Waals surface area contributed by atoms with Crippen molar-refractivity contribution < 1.29 is 9.53 Å². The van der Waals surface area contributed by atoms with Gasteiger partial charge in [-0.1, -0.05) is 29.8 Å². The molecule has 0 aliphatic rings. The molecule has 132 valence electrons. The van der Waals surface area contributed by atoms with Crippen molar-refractivity contribution >= 4 is 34.7 Å². The van der Waals surface area contributed by atoms with Crippen molar-refractivity contribution in [3.05, 3.63) is 76.9 Å². The van der Waals surface area contributed by atoms with Crippen LogP contribution < -0.4 is 15.4 Å². The summed E-state index contributed by atoms with van der Waals surface area (Å²) in [6, 6.07) is 16.4. The normalized spacial score (nSPS) is 10.3. The number of nitrogens with one attached hydrogen (secondary N) is 2. The van der Waals surface area contributed by atoms with Gasteiger partial charge in [-0.15, -0.1) is 0 Å². The second-order valence-corrected chi connectivity index (χ2v) is 6.08. The molecule has 0 aliphatic heterocycles. The van der Waals surface area contributed by atoms with Crippen molar-refractivity contribution in [1.82, 2.24) is 4.98 Å². The maximum Gasteiger partial charge on any atom is 0.257 e. The fraction of sp³-hybridized carbons (Fsp3) is 0.100. The molecular weight excluding hydrogens is 350 g/mol. The van der Waals surface area contributed by atoms with E-state index in [-0.39, 0.29) is 5.91 Å². The van der Waals surface area contributed by atoms with Crippen molar-refractivity contribution in [2.45, 2.75) is 6.92 Å². The van der Waals surface area contributed by atoms with Crippen molar-refractivity contribution in [2.24, 2.45) is 0 Å². The third-order valence-electron chi connectivity index (χ3n) is 3.83. The molecule has 0 bridgehead atoms. The lowest BCUT2D eigenvalue weighted by Gasteiger charge is -2.10. The maximum atomic E-state index is 12.4. The summed E-state index contributed by atoms with van der Waals surface area (Å²) >= 11 is 6.13. The van der Waals surface area contributed by atoms with Gasteiger partial charge in [0.25, 0.3) is 5.91 Å². The first-order valence-corrected chi connectivity index (χ1v) is 8.38. The first-order chi connectivity index (χ1) is 12.6. The van der Waals surface area contributed by atoms with E-state index in [9.17, 15) is 4.79 Å². The number of nitrogens with zero attached hydrogens (tertiary/aromatic N) is 1. The Kier molecular flexibility index (Phi) is 5.39. The van der Waals surface area contributed by atoms with Gasteiger partial charge in [0.2, 0.25) is 0 Å². The molecule has 0 radical (unpaired) electrons. The van der Waals surface area contributed by atoms with Crippen LogP contribution in [0.25, 0.3) is 0 Å². The molecule has 0 unspecified atom stereocenters. The lowest BCUT2D eigenvalue weighted by molar-refractivity contribution is 0.102. The highest BCUT2D eigenvalue weighted by molar-refractivity contribution is 6.31. The van der Waals surface area contributed by atoms with Gasteiger partial charge < -0.3 is 15.4 Å². The van der Waals surface area contributed by atoms with E-state index in [1.165, 1.54) is 6.20 Å². The van der Waals surface area contributed by atoms with Crippen molar-refractivity contribution in [3.8, 4) is 5.75 Å². The minimum atomic E-state index is -0.257. The Bertz CT molecular complexity index is 927. The number of para-hydroxylation sites is 2. The molecule has 0 saturated heterocycles. The first-order valence-electron chi connectivity index (χ1n) is 8.00. The highest BCUT2D eigenvalue weighted by Crippen LogP contribution is 2.24. The van der Waals surface area contributed by atoms with E-state index in [0.29, 0.717) is 27.8 Å². The molecular formula is C20H18ClN3O2. The first kappa shape index (κ1) is 17.8. The molecule has 0 aliphatic carbocycles. The van der Waals surface area contributed by atoms with Crippen LogP contribution in [0.2, 0.25) is 5.02 Å². The number of anilines is 3. The zero-order valence-corrected chi connectivity index (χ0v) is 15.2. The molecule has 5 nitrogen and oxygen atoms in total. The molecule has 1 amide bonds. The highest BCUT2D eigenvalue weighted by Gasteiger charge is 2.10. The van der Waals surface area contributed by atoms with Gasteiger partial charge in [-0.25, -0.2) is 4.98 Å². The van der Waals surface area contributed by atoms with Crippen LogP contribution in [0.1, 0.15) is 15.9 Å². The van der Waals surface area contributed by atoms with Gasteiger partial charge in [-0.3, -0.25) is 4.79 Å². The lowest BCUT2D eigenvalue weighted by atomic mass is 10.2. The van der Waals surface area contributed by atoms with Crippen LogP contribution in [0, 0.1) is 6.92 Å². The molecule has 0 fully saturated rings. The molecule has 1 heterocycles. The molecule has 0 spiro atoms. The Hall–Kier alpha value is -3.05. The van der Waals surface area contributed by atoms with Crippen LogP contribution in [-0.2, 0) is 0 Å². The Labute approximate surface area is 157 Å². The summed E-state index contributed by atoms with van der Waals surface area (Å²) in [5, 5.41) is 6.66. The summed E-state index contributed by atoms with van der Waals surface area (Å²) in [6.45, 7) is 1.94. The van der Waals surface area contributed by atoms with Gasteiger partial charge in [0, 0.05) is 16.9 Å². The summed E-state index contributed by atoms with van der Waals surface area (Å²) in [4.78, 5) is 16.7. The number of methoxy groups -OCH3 is 1. The molecule has 0 saturated carbocycles. The second kappa shape index (κ2) is 7.89. The molecule has 26 heavy (non-hydrogen) atoms. The predicted octanol–water partition coefficient (Wildman–Crippen LogP) is 5.05. The average Bonchev–Trinajstić information content (AvgIpc) is 2.66. The largest absolute Gasteiger partial charge is 0.495 e. The van der Waals surface area contributed by atoms with Crippen LogP contribution >= 0.6 is 11.6 Å². The number of rotatable bonds is 5. The molecule has 3 aromatic rings. The number of carbonyl (C=O) groups excluding carboxylic acids is 1. The number of carbonyl (C=O) groups is 1. The van der Waals surface area contributed by atoms with Crippen molar-refractivity contribution in [3.63, 3.8) is 0 Å². The molecule has 6 heteroatoms. The topological polar surface area (TPSA) is 63.2 Å². The third-order valence-corrected chi connectivity index (χ3v) is 4.23. The summed E-state index contributed by atoms with van der Waals surface area (Å²) in [5.41, 5.74) is 2.90. The SMILES string of the molecule is COc1ccccc1NC(=O)c1ccc(Nc2ccc(C)c(Cl)c2)nc1.